The van der Waals surface area contributed by atoms with E-state index in [1.165, 1.54) is 24.3 Å². The molecular formula is C34H40F3N5O4S. The van der Waals surface area contributed by atoms with Crippen molar-refractivity contribution >= 4 is 21.9 Å². The van der Waals surface area contributed by atoms with Crippen molar-refractivity contribution < 1.29 is 31.1 Å². The Balaban J connectivity index is 1.49. The maximum atomic E-state index is 14.5. The fourth-order valence-corrected chi connectivity index (χ4v) is 8.11. The van der Waals surface area contributed by atoms with Crippen LogP contribution in [0.3, 0.4) is 0 Å². The highest BCUT2D eigenvalue weighted by Gasteiger charge is 2.64. The van der Waals surface area contributed by atoms with Crippen LogP contribution in [0.15, 0.2) is 53.4 Å². The van der Waals surface area contributed by atoms with Crippen LogP contribution in [-0.2, 0) is 10.0 Å². The molecule has 3 aromatic rings. The van der Waals surface area contributed by atoms with Gasteiger partial charge in [0, 0.05) is 29.3 Å². The summed E-state index contributed by atoms with van der Waals surface area (Å²) in [6.45, 7) is 3.55. The third-order valence-electron chi connectivity index (χ3n) is 9.98. The third-order valence-corrected chi connectivity index (χ3v) is 11.3. The van der Waals surface area contributed by atoms with Gasteiger partial charge in [-0.1, -0.05) is 24.3 Å². The molecule has 0 unspecified atom stereocenters. The number of halogens is 3. The average molecular weight is 672 g/mol. The number of carbonyl (C=O) groups is 1. The molecular weight excluding hydrogens is 631 g/mol. The van der Waals surface area contributed by atoms with E-state index in [1.54, 1.807) is 11.0 Å². The molecule has 2 saturated carbocycles. The van der Waals surface area contributed by atoms with Crippen molar-refractivity contribution in [2.45, 2.75) is 88.0 Å². The molecule has 4 bridgehead atoms. The summed E-state index contributed by atoms with van der Waals surface area (Å²) >= 11 is 0. The minimum absolute atomic E-state index is 0.00752. The zero-order valence-electron chi connectivity index (χ0n) is 27.0. The summed E-state index contributed by atoms with van der Waals surface area (Å²) in [5.41, 5.74) is 1.09. The fourth-order valence-electron chi connectivity index (χ4n) is 7.12. The summed E-state index contributed by atoms with van der Waals surface area (Å²) < 4.78 is 79.3. The number of amides is 1. The summed E-state index contributed by atoms with van der Waals surface area (Å²) in [6.07, 6.45) is -2.08. The first-order chi connectivity index (χ1) is 22.2. The molecule has 13 heteroatoms. The molecule has 0 radical (unpaired) electrons. The first-order valence-corrected chi connectivity index (χ1v) is 17.4. The number of carbonyl (C=O) groups excluding carboxylic acids is 1. The number of aromatic nitrogens is 2. The van der Waals surface area contributed by atoms with E-state index in [9.17, 15) is 26.4 Å². The maximum Gasteiger partial charge on any atom is 0.394 e. The Hall–Kier alpha value is -3.71. The van der Waals surface area contributed by atoms with E-state index in [0.29, 0.717) is 24.6 Å². The molecule has 0 spiro atoms. The smallest absolute Gasteiger partial charge is 0.394 e. The number of fused-ring (bicyclic) bond motifs is 4. The van der Waals surface area contributed by atoms with Crippen LogP contribution in [-0.4, -0.2) is 79.1 Å². The summed E-state index contributed by atoms with van der Waals surface area (Å²) in [7, 11) is -0.278. The van der Waals surface area contributed by atoms with Gasteiger partial charge < -0.3 is 14.5 Å². The molecule has 47 heavy (non-hydrogen) atoms. The molecule has 6 rings (SSSR count). The van der Waals surface area contributed by atoms with Crippen molar-refractivity contribution in [3.8, 4) is 17.1 Å². The molecule has 0 saturated heterocycles. The SMILES string of the molecule is Cc1cccc(C)c1-c1cc2nc(n1)NS(=O)(=O)c1cccc(c1)C(=O)N([C@H]1CC[C@H](N(C)C)CC1)[C@H](CC1(C(F)(F)F)CC1)CO2. The minimum atomic E-state index is -4.44. The number of alkyl halides is 3. The molecule has 2 aromatic carbocycles. The van der Waals surface area contributed by atoms with E-state index in [1.807, 2.05) is 46.1 Å². The second-order valence-corrected chi connectivity index (χ2v) is 15.1. The van der Waals surface area contributed by atoms with Crippen LogP contribution in [0.1, 0.15) is 66.4 Å². The molecule has 2 heterocycles. The molecule has 2 aliphatic carbocycles. The summed E-state index contributed by atoms with van der Waals surface area (Å²) in [5.74, 6) is -0.775. The van der Waals surface area contributed by atoms with Crippen LogP contribution in [0, 0.1) is 19.3 Å². The third kappa shape index (κ3) is 6.69. The Morgan fingerprint density at radius 1 is 1.00 bits per heavy atom. The lowest BCUT2D eigenvalue weighted by Gasteiger charge is -2.43. The number of nitrogens with zero attached hydrogens (tertiary/aromatic N) is 4. The average Bonchev–Trinajstić information content (AvgIpc) is 3.81. The van der Waals surface area contributed by atoms with E-state index < -0.39 is 33.6 Å². The highest BCUT2D eigenvalue weighted by molar-refractivity contribution is 7.92. The van der Waals surface area contributed by atoms with Crippen molar-refractivity contribution in [3.05, 3.63) is 65.2 Å². The predicted octanol–water partition coefficient (Wildman–Crippen LogP) is 6.37. The van der Waals surface area contributed by atoms with Gasteiger partial charge in [-0.25, -0.2) is 18.1 Å². The van der Waals surface area contributed by atoms with Gasteiger partial charge in [-0.2, -0.15) is 18.2 Å². The Labute approximate surface area is 273 Å². The number of hydrogen-bond acceptors (Lipinski definition) is 7. The molecule has 1 aromatic heterocycles. The standard InChI is InChI=1S/C34H40F3N5O4S/c1-21-7-5-8-22(2)30(21)28-18-29-39-32(38-28)40-47(44,45)27-10-6-9-23(17-27)31(43)42(25-13-11-24(12-14-25)41(3)4)26(20-46-29)19-33(15-16-33)34(35,36)37/h5-10,17-18,24-26H,11-16,19-20H2,1-4H3,(H,38,39,40)/t24-,25-,26-/m1/s1. The summed E-state index contributed by atoms with van der Waals surface area (Å²) in [5, 5.41) is 0. The molecule has 1 aliphatic heterocycles. The molecule has 1 N–H and O–H groups in total. The number of sulfonamides is 1. The molecule has 9 nitrogen and oxygen atoms in total. The van der Waals surface area contributed by atoms with Gasteiger partial charge in [0.15, 0.2) is 0 Å². The fraction of sp³-hybridized carbons (Fsp3) is 0.500. The first-order valence-electron chi connectivity index (χ1n) is 15.9. The second-order valence-electron chi connectivity index (χ2n) is 13.4. The van der Waals surface area contributed by atoms with Crippen molar-refractivity contribution in [2.75, 3.05) is 25.4 Å². The minimum Gasteiger partial charge on any atom is -0.475 e. The monoisotopic (exact) mass is 671 g/mol. The van der Waals surface area contributed by atoms with Gasteiger partial charge in [-0.05, 0) is 102 Å². The Morgan fingerprint density at radius 2 is 1.66 bits per heavy atom. The van der Waals surface area contributed by atoms with Crippen LogP contribution in [0.4, 0.5) is 19.1 Å². The number of nitrogens with one attached hydrogen (secondary N) is 1. The zero-order chi connectivity index (χ0) is 33.7. The quantitative estimate of drug-likeness (QED) is 0.336. The molecule has 252 valence electrons. The van der Waals surface area contributed by atoms with Crippen molar-refractivity contribution in [2.24, 2.45) is 5.41 Å². The lowest BCUT2D eigenvalue weighted by atomic mass is 9.86. The van der Waals surface area contributed by atoms with Crippen LogP contribution < -0.4 is 9.46 Å². The van der Waals surface area contributed by atoms with Gasteiger partial charge in [0.2, 0.25) is 11.8 Å². The lowest BCUT2D eigenvalue weighted by Crippen LogP contribution is -2.53. The van der Waals surface area contributed by atoms with Gasteiger partial charge in [0.1, 0.15) is 6.61 Å². The van der Waals surface area contributed by atoms with E-state index in [-0.39, 0.29) is 54.2 Å². The van der Waals surface area contributed by atoms with Crippen LogP contribution in [0.25, 0.3) is 11.3 Å². The summed E-state index contributed by atoms with van der Waals surface area (Å²) in [6, 6.07) is 11.8. The van der Waals surface area contributed by atoms with Crippen molar-refractivity contribution in [1.29, 1.82) is 0 Å². The van der Waals surface area contributed by atoms with Gasteiger partial charge in [-0.3, -0.25) is 4.79 Å². The molecule has 3 aliphatic rings. The predicted molar refractivity (Wildman–Crippen MR) is 172 cm³/mol. The normalized spacial score (nSPS) is 24.0. The Kier molecular flexibility index (Phi) is 8.75. The highest BCUT2D eigenvalue weighted by atomic mass is 32.2. The van der Waals surface area contributed by atoms with E-state index in [0.717, 1.165) is 29.5 Å². The van der Waals surface area contributed by atoms with Crippen LogP contribution in [0.2, 0.25) is 0 Å². The number of rotatable bonds is 5. The summed E-state index contributed by atoms with van der Waals surface area (Å²) in [4.78, 5) is 26.8. The zero-order valence-corrected chi connectivity index (χ0v) is 27.8. The number of hydrogen-bond donors (Lipinski definition) is 1. The largest absolute Gasteiger partial charge is 0.475 e. The molecule has 1 amide bonds. The number of ether oxygens (including phenoxy) is 1. The van der Waals surface area contributed by atoms with Gasteiger partial charge >= 0.3 is 6.18 Å². The highest BCUT2D eigenvalue weighted by Crippen LogP contribution is 2.61. The number of aryl methyl sites for hydroxylation is 2. The van der Waals surface area contributed by atoms with Gasteiger partial charge in [0.25, 0.3) is 15.9 Å². The molecule has 1 atom stereocenters. The number of benzene rings is 2. The van der Waals surface area contributed by atoms with Crippen molar-refractivity contribution in [3.63, 3.8) is 0 Å². The van der Waals surface area contributed by atoms with Gasteiger partial charge in [0.05, 0.1) is 22.0 Å². The van der Waals surface area contributed by atoms with Crippen molar-refractivity contribution in [1.82, 2.24) is 19.8 Å². The topological polar surface area (TPSA) is 105 Å². The van der Waals surface area contributed by atoms with E-state index >= 15 is 0 Å². The number of anilines is 1. The van der Waals surface area contributed by atoms with E-state index in [4.69, 9.17) is 4.74 Å². The lowest BCUT2D eigenvalue weighted by molar-refractivity contribution is -0.193. The van der Waals surface area contributed by atoms with E-state index in [2.05, 4.69) is 19.6 Å². The Morgan fingerprint density at radius 3 is 2.28 bits per heavy atom. The van der Waals surface area contributed by atoms with Crippen LogP contribution in [0.5, 0.6) is 5.88 Å². The Bertz CT molecular complexity index is 1750. The second kappa shape index (κ2) is 12.4. The maximum absolute atomic E-state index is 14.5. The molecule has 2 fully saturated rings. The van der Waals surface area contributed by atoms with Crippen LogP contribution >= 0.6 is 0 Å². The van der Waals surface area contributed by atoms with Gasteiger partial charge in [-0.15, -0.1) is 0 Å². The first kappa shape index (κ1) is 33.2.